The van der Waals surface area contributed by atoms with Crippen LogP contribution in [0, 0.1) is 27.7 Å². The van der Waals surface area contributed by atoms with Crippen LogP contribution in [0.5, 0.6) is 40.2 Å². The van der Waals surface area contributed by atoms with Crippen molar-refractivity contribution in [2.75, 3.05) is 91.8 Å². The summed E-state index contributed by atoms with van der Waals surface area (Å²) in [5.41, 5.74) is 12.3. The van der Waals surface area contributed by atoms with E-state index in [1.54, 1.807) is 45.9 Å². The van der Waals surface area contributed by atoms with Gasteiger partial charge in [0.2, 0.25) is 5.24 Å². The number of allylic oxidation sites excluding steroid dienone is 1. The summed E-state index contributed by atoms with van der Waals surface area (Å²) in [6.45, 7) is 29.6. The Balaban J connectivity index is 0.000000390. The number of aromatic hydroxyl groups is 1. The van der Waals surface area contributed by atoms with Gasteiger partial charge in [0.05, 0.1) is 46.2 Å². The predicted octanol–water partition coefficient (Wildman–Crippen LogP) is 28.6. The molecule has 0 saturated heterocycles. The SMILES string of the molecule is C=C(C)C(=O)Cl.C=C(C)C(=O)OCCCCCCOc1ccc(/C=C/c2ccc(OCCCCCCOC(=O)C(=C)C)c(C)c2)cc1.Cc1cc(/C=C/c2ccc(OCCCCCCO)cc2)ccc1OCCCCCCO.Cc1cc(C=O)ccc1O.Cc1cc(C=O)ccc1OCCCCCCO.OCCCCCCCl.OCCCCCCOc1ccc(CP(Br)(c2ccccc2)(c2ccccc2)c2ccccc2)cc1. The zero-order valence-electron chi connectivity index (χ0n) is 88.6. The van der Waals surface area contributed by atoms with Crippen molar-refractivity contribution in [2.45, 2.75) is 234 Å². The van der Waals surface area contributed by atoms with E-state index in [0.29, 0.717) is 74.1 Å². The average molecular weight is 2150 g/mol. The van der Waals surface area contributed by atoms with E-state index in [1.807, 2.05) is 55.5 Å². The summed E-state index contributed by atoms with van der Waals surface area (Å²) in [5, 5.41) is 53.0. The van der Waals surface area contributed by atoms with Crippen molar-refractivity contribution in [1.82, 2.24) is 0 Å². The second-order valence-electron chi connectivity index (χ2n) is 36.3. The Morgan fingerprint density at radius 2 is 0.561 bits per heavy atom. The number of carbonyl (C=O) groups is 5. The molecule has 0 aliphatic carbocycles. The van der Waals surface area contributed by atoms with Gasteiger partial charge in [-0.3, -0.25) is 14.4 Å². The fourth-order valence-electron chi connectivity index (χ4n) is 14.9. The number of aldehydes is 2. The Hall–Kier alpha value is -11.3. The number of halogens is 3. The molecule has 0 fully saturated rings. The van der Waals surface area contributed by atoms with Crippen LogP contribution < -0.4 is 44.3 Å². The van der Waals surface area contributed by atoms with Crippen LogP contribution in [0.15, 0.2) is 273 Å². The van der Waals surface area contributed by atoms with E-state index in [9.17, 15) is 24.0 Å². The molecule has 0 aromatic heterocycles. The number of carbonyl (C=O) groups excluding carboxylic acids is 5. The number of ether oxygens (including phenoxy) is 8. The Bertz CT molecular complexity index is 5290. The second kappa shape index (κ2) is 79.8. The molecule has 23 heteroatoms. The molecule has 0 heterocycles. The number of aliphatic hydroxyl groups is 5. The summed E-state index contributed by atoms with van der Waals surface area (Å²) in [7, 11) is 0. The maximum atomic E-state index is 11.3. The Morgan fingerprint density at radius 3 is 0.838 bits per heavy atom. The van der Waals surface area contributed by atoms with Crippen LogP contribution in [0.1, 0.15) is 271 Å². The van der Waals surface area contributed by atoms with Crippen LogP contribution in [-0.4, -0.2) is 152 Å². The first-order valence-corrected chi connectivity index (χ1v) is 57.5. The summed E-state index contributed by atoms with van der Waals surface area (Å²) in [5.74, 6) is 5.71. The Kier molecular flexibility index (Phi) is 69.6. The van der Waals surface area contributed by atoms with Gasteiger partial charge in [-0.25, -0.2) is 9.59 Å². The van der Waals surface area contributed by atoms with Gasteiger partial charge in [0.15, 0.2) is 0 Å². The zero-order valence-corrected chi connectivity index (χ0v) is 92.6. The summed E-state index contributed by atoms with van der Waals surface area (Å²) in [6.07, 6.45) is 38.9. The number of phenolic OH excluding ortho intramolecular Hbond substituents is 1. The minimum atomic E-state index is -2.99. The predicted molar refractivity (Wildman–Crippen MR) is 618 cm³/mol. The zero-order chi connectivity index (χ0) is 108. The third-order valence-electron chi connectivity index (χ3n) is 23.5. The first-order chi connectivity index (χ1) is 71.7. The molecular formula is C125H164BrCl2O19P. The third kappa shape index (κ3) is 54.8. The summed E-state index contributed by atoms with van der Waals surface area (Å²) in [6, 6.07) is 80.2. The van der Waals surface area contributed by atoms with Gasteiger partial charge in [-0.2, -0.15) is 0 Å². The van der Waals surface area contributed by atoms with E-state index in [4.69, 9.17) is 91.7 Å². The molecule has 0 aliphatic rings. The van der Waals surface area contributed by atoms with E-state index in [0.717, 1.165) is 297 Å². The van der Waals surface area contributed by atoms with Gasteiger partial charge < -0.3 is 63.8 Å². The topological polar surface area (TPSA) is 281 Å². The Morgan fingerprint density at radius 1 is 0.311 bits per heavy atom. The molecule has 10 rings (SSSR count). The average Bonchev–Trinajstić information content (AvgIpc) is 0.701. The van der Waals surface area contributed by atoms with Gasteiger partial charge in [0.1, 0.15) is 47.1 Å². The molecule has 0 radical (unpaired) electrons. The van der Waals surface area contributed by atoms with Gasteiger partial charge in [-0.05, 0) is 311 Å². The van der Waals surface area contributed by atoms with Crippen molar-refractivity contribution in [3.63, 3.8) is 0 Å². The van der Waals surface area contributed by atoms with E-state index in [2.05, 4.69) is 237 Å². The van der Waals surface area contributed by atoms with Gasteiger partial charge in [0, 0.05) is 60.2 Å². The number of hydrogen-bond acceptors (Lipinski definition) is 19. The van der Waals surface area contributed by atoms with Crippen LogP contribution in [0.4, 0.5) is 0 Å². The van der Waals surface area contributed by atoms with Gasteiger partial charge in [0.25, 0.3) is 0 Å². The number of hydrogen-bond donors (Lipinski definition) is 6. The molecule has 0 unspecified atom stereocenters. The molecule has 6 N–H and O–H groups in total. The normalized spacial score (nSPS) is 11.0. The number of rotatable bonds is 63. The van der Waals surface area contributed by atoms with Gasteiger partial charge in [-0.1, -0.05) is 113 Å². The Labute approximate surface area is 900 Å². The number of esters is 2. The number of aliphatic hydroxyl groups excluding tert-OH is 5. The number of alkyl halides is 1. The molecule has 0 aliphatic heterocycles. The van der Waals surface area contributed by atoms with Crippen molar-refractivity contribution < 1.29 is 92.5 Å². The van der Waals surface area contributed by atoms with Crippen LogP contribution in [0.2, 0.25) is 0 Å². The summed E-state index contributed by atoms with van der Waals surface area (Å²) in [4.78, 5) is 53.2. The fraction of sp³-hybridized carbons (Fsp3) is 0.400. The molecule has 0 bridgehead atoms. The van der Waals surface area contributed by atoms with Crippen molar-refractivity contribution >= 4 is 114 Å². The molecule has 10 aromatic rings. The van der Waals surface area contributed by atoms with E-state index < -0.39 is 10.5 Å². The van der Waals surface area contributed by atoms with E-state index in [1.165, 1.54) is 27.5 Å². The molecule has 19 nitrogen and oxygen atoms in total. The second-order valence-corrected chi connectivity index (χ2v) is 46.0. The maximum absolute atomic E-state index is 11.3. The number of aryl methyl sites for hydroxylation is 4. The van der Waals surface area contributed by atoms with Crippen molar-refractivity contribution in [3.05, 3.63) is 334 Å². The van der Waals surface area contributed by atoms with Gasteiger partial charge in [-0.15, -0.1) is 11.6 Å². The monoisotopic (exact) mass is 2150 g/mol. The molecule has 148 heavy (non-hydrogen) atoms. The van der Waals surface area contributed by atoms with Gasteiger partial charge >= 0.3 is 225 Å². The molecular weight excluding hydrogens is 1990 g/mol. The van der Waals surface area contributed by atoms with Crippen LogP contribution in [0.3, 0.4) is 0 Å². The third-order valence-corrected chi connectivity index (χ3v) is 33.6. The molecule has 0 atom stereocenters. The number of unbranched alkanes of at least 4 members (excludes halogenated alkanes) is 21. The van der Waals surface area contributed by atoms with Crippen molar-refractivity contribution in [3.8, 4) is 40.2 Å². The fourth-order valence-corrected chi connectivity index (χ4v) is 22.8. The first-order valence-electron chi connectivity index (χ1n) is 52.2. The molecule has 0 spiro atoms. The van der Waals surface area contributed by atoms with Crippen molar-refractivity contribution in [2.24, 2.45) is 0 Å². The van der Waals surface area contributed by atoms with Crippen LogP contribution >= 0.6 is 44.0 Å². The summed E-state index contributed by atoms with van der Waals surface area (Å²) >= 11 is 14.8. The van der Waals surface area contributed by atoms with Crippen LogP contribution in [0.25, 0.3) is 24.3 Å². The molecule has 0 amide bonds. The number of phenols is 1. The van der Waals surface area contributed by atoms with Crippen LogP contribution in [-0.2, 0) is 30.0 Å². The van der Waals surface area contributed by atoms with E-state index >= 15 is 0 Å². The standard InChI is InChI=1S/C35H46O6.C31H34BrO2P.C27H38O4.C14H20O3.C8H8O2.C6H13ClO.C4H5ClO/c1-27(2)34(36)40-24-12-8-6-10-22-38-32-19-16-30(17-20-32)14-15-31-18-21-33(29(5)26-31)39-23-11-7-9-13-25-41-35(37)28(3)4;32-35(29-14-6-3-7-15-29,30-16-8-4-9-17-30,31-18-10-5-11-19-31)26-27-20-22-28(23-21-27)34-25-13-2-1-12-24-33;1-23-22-25(14-17-27(23)31-21-9-5-3-7-19-29)11-10-24-12-15-26(16-13-24)30-20-8-4-2-6-18-28;1-12-10-13(11-16)6-7-14(12)17-9-5-3-2-4-8-15;1-6-4-7(5-9)2-3-8(6)10;7-5-3-1-2-4-6-8;1-3(2)4(5)6/h14-21,26H,1,3,6-13,22-25H2,2,4-5H3;3-11,14-23,33H,1-2,12-13,24-26H2;10-17,22,28-29H,2-9,18-21H2,1H3;6-7,10-11,15H,2-5,8-9H2,1H3;2-5,10H,1H3;8H,1-6H2;1H2,2H3/b15-14+;;11-10+;;;;. The van der Waals surface area contributed by atoms with E-state index in [-0.39, 0.29) is 44.1 Å². The quantitative estimate of drug-likeness (QED) is 0.00302. The molecule has 10 aromatic carbocycles. The molecule has 804 valence electrons. The first kappa shape index (κ1) is 129. The number of benzene rings is 10. The molecule has 0 saturated carbocycles. The minimum absolute atomic E-state index is 0.227. The summed E-state index contributed by atoms with van der Waals surface area (Å²) < 4.78 is 45.3. The van der Waals surface area contributed by atoms with Crippen molar-refractivity contribution in [1.29, 1.82) is 0 Å².